The third kappa shape index (κ3) is 4.31. The number of hydrogen-bond donors (Lipinski definition) is 1. The van der Waals surface area contributed by atoms with Crippen molar-refractivity contribution >= 4 is 27.3 Å². The van der Waals surface area contributed by atoms with Crippen LogP contribution in [0.5, 0.6) is 0 Å². The molecule has 0 spiro atoms. The first-order valence-corrected chi connectivity index (χ1v) is 9.87. The summed E-state index contributed by atoms with van der Waals surface area (Å²) in [4.78, 5) is 1.43. The van der Waals surface area contributed by atoms with E-state index in [4.69, 9.17) is 4.74 Å². The molecule has 0 saturated heterocycles. The van der Waals surface area contributed by atoms with Gasteiger partial charge in [0.15, 0.2) is 0 Å². The van der Waals surface area contributed by atoms with E-state index in [9.17, 15) is 0 Å². The van der Waals surface area contributed by atoms with Crippen molar-refractivity contribution in [1.82, 2.24) is 5.32 Å². The second-order valence-corrected chi connectivity index (χ2v) is 8.04. The zero-order chi connectivity index (χ0) is 15.3. The summed E-state index contributed by atoms with van der Waals surface area (Å²) in [5.74, 6) is 0.842. The normalized spacial score (nSPS) is 27.7. The lowest BCUT2D eigenvalue weighted by atomic mass is 9.74. The Morgan fingerprint density at radius 1 is 1.43 bits per heavy atom. The fourth-order valence-electron chi connectivity index (χ4n) is 3.48. The fraction of sp³-hybridized carbons (Fsp3) is 0.765. The molecule has 0 radical (unpaired) electrons. The van der Waals surface area contributed by atoms with Gasteiger partial charge in [-0.15, -0.1) is 11.3 Å². The van der Waals surface area contributed by atoms with Crippen LogP contribution in [0.3, 0.4) is 0 Å². The van der Waals surface area contributed by atoms with E-state index in [0.29, 0.717) is 6.04 Å². The number of halogens is 1. The first-order chi connectivity index (χ1) is 10.1. The van der Waals surface area contributed by atoms with Crippen molar-refractivity contribution in [2.45, 2.75) is 64.5 Å². The summed E-state index contributed by atoms with van der Waals surface area (Å²) in [6.07, 6.45) is 5.99. The Balaban J connectivity index is 2.18. The molecule has 0 bridgehead atoms. The van der Waals surface area contributed by atoms with Crippen LogP contribution < -0.4 is 5.32 Å². The molecular weight excluding hydrogens is 346 g/mol. The molecule has 2 nitrogen and oxygen atoms in total. The first kappa shape index (κ1) is 17.5. The maximum Gasteiger partial charge on any atom is 0.0838 e. The Labute approximate surface area is 141 Å². The molecule has 1 unspecified atom stereocenters. The molecule has 1 atom stereocenters. The lowest BCUT2D eigenvalue weighted by molar-refractivity contribution is -0.0956. The van der Waals surface area contributed by atoms with Crippen molar-refractivity contribution < 1.29 is 4.74 Å². The lowest BCUT2D eigenvalue weighted by Gasteiger charge is -2.45. The van der Waals surface area contributed by atoms with E-state index in [0.717, 1.165) is 25.5 Å². The summed E-state index contributed by atoms with van der Waals surface area (Å²) in [6, 6.07) is 2.56. The highest BCUT2D eigenvalue weighted by atomic mass is 79.9. The number of likely N-dealkylation sites (N-methyl/N-ethyl adjacent to an activating group) is 1. The topological polar surface area (TPSA) is 21.3 Å². The van der Waals surface area contributed by atoms with Gasteiger partial charge in [-0.2, -0.15) is 0 Å². The molecule has 1 fully saturated rings. The van der Waals surface area contributed by atoms with Gasteiger partial charge in [0.1, 0.15) is 0 Å². The van der Waals surface area contributed by atoms with Gasteiger partial charge in [0.2, 0.25) is 0 Å². The van der Waals surface area contributed by atoms with Crippen LogP contribution >= 0.6 is 27.3 Å². The highest BCUT2D eigenvalue weighted by molar-refractivity contribution is 9.10. The second kappa shape index (κ2) is 8.09. The van der Waals surface area contributed by atoms with Crippen LogP contribution in [0.2, 0.25) is 0 Å². The van der Waals surface area contributed by atoms with Crippen molar-refractivity contribution in [3.63, 3.8) is 0 Å². The molecule has 1 heterocycles. The highest BCUT2D eigenvalue weighted by Crippen LogP contribution is 2.39. The van der Waals surface area contributed by atoms with Gasteiger partial charge in [-0.25, -0.2) is 0 Å². The van der Waals surface area contributed by atoms with Crippen LogP contribution in [0, 0.1) is 5.92 Å². The minimum atomic E-state index is 0.0146. The number of thiophene rings is 1. The summed E-state index contributed by atoms with van der Waals surface area (Å²) in [5, 5.41) is 5.88. The summed E-state index contributed by atoms with van der Waals surface area (Å²) in [5.41, 5.74) is 0.0146. The molecule has 0 amide bonds. The van der Waals surface area contributed by atoms with Crippen molar-refractivity contribution in [3.05, 3.63) is 20.8 Å². The number of ether oxygens (including phenoxy) is 1. The summed E-state index contributed by atoms with van der Waals surface area (Å²) in [7, 11) is 0. The molecule has 0 aromatic carbocycles. The molecule has 0 aliphatic heterocycles. The molecule has 1 N–H and O–H groups in total. The predicted octanol–water partition coefficient (Wildman–Crippen LogP) is 5.02. The number of hydrogen-bond acceptors (Lipinski definition) is 3. The van der Waals surface area contributed by atoms with Crippen LogP contribution in [0.25, 0.3) is 0 Å². The van der Waals surface area contributed by atoms with Gasteiger partial charge >= 0.3 is 0 Å². The molecular formula is C17H28BrNOS. The Bertz CT molecular complexity index is 426. The maximum atomic E-state index is 6.35. The monoisotopic (exact) mass is 373 g/mol. The summed E-state index contributed by atoms with van der Waals surface area (Å²) < 4.78 is 7.59. The van der Waals surface area contributed by atoms with E-state index in [1.807, 2.05) is 11.3 Å². The third-order valence-corrected chi connectivity index (χ3v) is 6.67. The smallest absolute Gasteiger partial charge is 0.0838 e. The maximum absolute atomic E-state index is 6.35. The van der Waals surface area contributed by atoms with Crippen molar-refractivity contribution in [2.75, 3.05) is 13.2 Å². The number of nitrogens with one attached hydrogen (secondary N) is 1. The minimum absolute atomic E-state index is 0.0146. The van der Waals surface area contributed by atoms with Gasteiger partial charge in [0.25, 0.3) is 0 Å². The fourth-order valence-corrected chi connectivity index (χ4v) is 5.04. The van der Waals surface area contributed by atoms with Gasteiger partial charge in [0.05, 0.1) is 5.60 Å². The average Bonchev–Trinajstić information content (AvgIpc) is 2.87. The van der Waals surface area contributed by atoms with Crippen LogP contribution in [-0.4, -0.2) is 24.8 Å². The standard InChI is InChI=1S/C17H28BrNOS/c1-4-19-16(12-15-14(18)8-11-21-15)17(20-5-2)9-6-13(3)7-10-17/h8,11,13,16,19H,4-7,9-10,12H2,1-3H3. The Kier molecular flexibility index (Phi) is 6.73. The molecule has 1 aliphatic rings. The predicted molar refractivity (Wildman–Crippen MR) is 95.2 cm³/mol. The van der Waals surface area contributed by atoms with Crippen LogP contribution in [0.4, 0.5) is 0 Å². The van der Waals surface area contributed by atoms with Crippen LogP contribution in [0.15, 0.2) is 15.9 Å². The van der Waals surface area contributed by atoms with E-state index in [1.165, 1.54) is 35.0 Å². The van der Waals surface area contributed by atoms with Gasteiger partial charge in [-0.05, 0) is 72.4 Å². The highest BCUT2D eigenvalue weighted by Gasteiger charge is 2.41. The molecule has 21 heavy (non-hydrogen) atoms. The quantitative estimate of drug-likeness (QED) is 0.724. The molecule has 120 valence electrons. The third-order valence-electron chi connectivity index (χ3n) is 4.72. The van der Waals surface area contributed by atoms with E-state index in [1.54, 1.807) is 0 Å². The van der Waals surface area contributed by atoms with E-state index >= 15 is 0 Å². The lowest BCUT2D eigenvalue weighted by Crippen LogP contribution is -2.55. The van der Waals surface area contributed by atoms with Crippen LogP contribution in [-0.2, 0) is 11.2 Å². The Morgan fingerprint density at radius 2 is 2.14 bits per heavy atom. The molecule has 1 aliphatic carbocycles. The van der Waals surface area contributed by atoms with Gasteiger partial charge in [0, 0.05) is 28.4 Å². The molecule has 1 aromatic rings. The molecule has 1 saturated carbocycles. The second-order valence-electron chi connectivity index (χ2n) is 6.19. The molecule has 1 aromatic heterocycles. The van der Waals surface area contributed by atoms with E-state index < -0.39 is 0 Å². The Morgan fingerprint density at radius 3 is 2.67 bits per heavy atom. The minimum Gasteiger partial charge on any atom is -0.374 e. The largest absolute Gasteiger partial charge is 0.374 e. The first-order valence-electron chi connectivity index (χ1n) is 8.20. The van der Waals surface area contributed by atoms with Crippen molar-refractivity contribution in [3.8, 4) is 0 Å². The van der Waals surface area contributed by atoms with E-state index in [-0.39, 0.29) is 5.60 Å². The van der Waals surface area contributed by atoms with Gasteiger partial charge in [-0.3, -0.25) is 0 Å². The zero-order valence-electron chi connectivity index (χ0n) is 13.5. The molecule has 4 heteroatoms. The zero-order valence-corrected chi connectivity index (χ0v) is 15.9. The van der Waals surface area contributed by atoms with Crippen molar-refractivity contribution in [2.24, 2.45) is 5.92 Å². The van der Waals surface area contributed by atoms with E-state index in [2.05, 4.69) is 53.5 Å². The Hall–Kier alpha value is 0.1000. The van der Waals surface area contributed by atoms with Gasteiger partial charge in [-0.1, -0.05) is 13.8 Å². The summed E-state index contributed by atoms with van der Waals surface area (Å²) in [6.45, 7) is 8.50. The SMILES string of the molecule is CCNC(Cc1sccc1Br)C1(OCC)CCC(C)CC1. The molecule has 2 rings (SSSR count). The average molecular weight is 374 g/mol. The van der Waals surface area contributed by atoms with Crippen LogP contribution in [0.1, 0.15) is 51.3 Å². The van der Waals surface area contributed by atoms with Gasteiger partial charge < -0.3 is 10.1 Å². The summed E-state index contributed by atoms with van der Waals surface area (Å²) >= 11 is 5.52. The number of rotatable bonds is 7. The van der Waals surface area contributed by atoms with Crippen molar-refractivity contribution in [1.29, 1.82) is 0 Å².